The van der Waals surface area contributed by atoms with Gasteiger partial charge in [-0.25, -0.2) is 0 Å². The van der Waals surface area contributed by atoms with Crippen LogP contribution in [0.3, 0.4) is 0 Å². The minimum Gasteiger partial charge on any atom is -0.468 e. The van der Waals surface area contributed by atoms with Gasteiger partial charge < -0.3 is 9.64 Å². The maximum Gasteiger partial charge on any atom is 0.325 e. The van der Waals surface area contributed by atoms with Crippen LogP contribution in [0.1, 0.15) is 27.2 Å². The third-order valence-electron chi connectivity index (χ3n) is 2.26. The molecule has 0 aromatic heterocycles. The van der Waals surface area contributed by atoms with Gasteiger partial charge in [-0.2, -0.15) is 0 Å². The third-order valence-corrected chi connectivity index (χ3v) is 2.26. The fraction of sp³-hybridized carbons (Fsp3) is 0.636. The lowest BCUT2D eigenvalue weighted by molar-refractivity contribution is -0.148. The van der Waals surface area contributed by atoms with Crippen molar-refractivity contribution in [2.75, 3.05) is 13.7 Å². The molecule has 1 atom stereocenters. The Labute approximate surface area is 105 Å². The van der Waals surface area contributed by atoms with Crippen LogP contribution in [-0.4, -0.2) is 48.3 Å². The molecule has 0 saturated heterocycles. The summed E-state index contributed by atoms with van der Waals surface area (Å²) < 4.78 is 4.46. The Balaban J connectivity index is 4.52. The molecule has 102 valence electrons. The van der Waals surface area contributed by atoms with E-state index in [1.54, 1.807) is 6.92 Å². The lowest BCUT2D eigenvalue weighted by Crippen LogP contribution is -2.44. The Morgan fingerprint density at radius 1 is 1.22 bits per heavy atom. The van der Waals surface area contributed by atoms with E-state index in [4.69, 9.17) is 0 Å². The van der Waals surface area contributed by atoms with E-state index in [9.17, 15) is 19.2 Å². The van der Waals surface area contributed by atoms with Gasteiger partial charge in [-0.05, 0) is 6.92 Å². The molecule has 7 nitrogen and oxygen atoms in total. The first-order valence-electron chi connectivity index (χ1n) is 5.42. The number of nitrogens with zero attached hydrogens (tertiary/aromatic N) is 1. The summed E-state index contributed by atoms with van der Waals surface area (Å²) in [4.78, 5) is 45.7. The minimum absolute atomic E-state index is 0.0594. The van der Waals surface area contributed by atoms with E-state index >= 15 is 0 Å². The van der Waals surface area contributed by atoms with Gasteiger partial charge in [-0.1, -0.05) is 0 Å². The van der Waals surface area contributed by atoms with Crippen molar-refractivity contribution >= 4 is 23.7 Å². The molecule has 0 aromatic carbocycles. The SMILES string of the molecule is COC(=O)CN(C(C)=O)[C@H](C)CC(=O)NC(C)=O. The molecule has 0 fully saturated rings. The van der Waals surface area contributed by atoms with Crippen LogP contribution in [0, 0.1) is 0 Å². The number of hydrogen-bond donors (Lipinski definition) is 1. The van der Waals surface area contributed by atoms with Crippen molar-refractivity contribution < 1.29 is 23.9 Å². The fourth-order valence-corrected chi connectivity index (χ4v) is 1.41. The molecule has 0 heterocycles. The number of carbonyl (C=O) groups is 4. The van der Waals surface area contributed by atoms with E-state index in [0.717, 1.165) is 0 Å². The predicted octanol–water partition coefficient (Wildman–Crippen LogP) is -0.551. The highest BCUT2D eigenvalue weighted by atomic mass is 16.5. The van der Waals surface area contributed by atoms with Crippen LogP contribution in [0.15, 0.2) is 0 Å². The molecule has 0 aromatic rings. The molecule has 7 heteroatoms. The van der Waals surface area contributed by atoms with E-state index in [-0.39, 0.29) is 18.9 Å². The summed E-state index contributed by atoms with van der Waals surface area (Å²) in [6, 6.07) is -0.499. The average Bonchev–Trinajstić information content (AvgIpc) is 2.23. The monoisotopic (exact) mass is 258 g/mol. The Hall–Kier alpha value is -1.92. The van der Waals surface area contributed by atoms with E-state index in [0.29, 0.717) is 0 Å². The Morgan fingerprint density at radius 2 is 1.78 bits per heavy atom. The predicted molar refractivity (Wildman–Crippen MR) is 62.3 cm³/mol. The largest absolute Gasteiger partial charge is 0.468 e. The fourth-order valence-electron chi connectivity index (χ4n) is 1.41. The smallest absolute Gasteiger partial charge is 0.325 e. The number of ether oxygens (including phenoxy) is 1. The first kappa shape index (κ1) is 16.1. The molecule has 0 aliphatic heterocycles. The van der Waals surface area contributed by atoms with Crippen LogP contribution in [0.5, 0.6) is 0 Å². The first-order valence-corrected chi connectivity index (χ1v) is 5.42. The van der Waals surface area contributed by atoms with Crippen molar-refractivity contribution in [3.8, 4) is 0 Å². The van der Waals surface area contributed by atoms with Crippen molar-refractivity contribution in [3.05, 3.63) is 0 Å². The summed E-state index contributed by atoms with van der Waals surface area (Å²) in [5, 5.41) is 2.10. The zero-order chi connectivity index (χ0) is 14.3. The van der Waals surface area contributed by atoms with E-state index < -0.39 is 23.8 Å². The molecule has 0 rings (SSSR count). The topological polar surface area (TPSA) is 92.8 Å². The molecule has 0 aliphatic carbocycles. The zero-order valence-electron chi connectivity index (χ0n) is 11.0. The highest BCUT2D eigenvalue weighted by Crippen LogP contribution is 2.05. The molecule has 1 N–H and O–H groups in total. The molecule has 3 amide bonds. The Bertz CT molecular complexity index is 353. The lowest BCUT2D eigenvalue weighted by Gasteiger charge is -2.26. The molecule has 18 heavy (non-hydrogen) atoms. The van der Waals surface area contributed by atoms with Crippen LogP contribution in [0.2, 0.25) is 0 Å². The number of amides is 3. The van der Waals surface area contributed by atoms with Gasteiger partial charge in [0.1, 0.15) is 6.54 Å². The first-order chi connectivity index (χ1) is 8.27. The summed E-state index contributed by atoms with van der Waals surface area (Å²) in [6.07, 6.45) is -0.0594. The van der Waals surface area contributed by atoms with Gasteiger partial charge in [-0.15, -0.1) is 0 Å². The van der Waals surface area contributed by atoms with Gasteiger partial charge >= 0.3 is 5.97 Å². The molecular formula is C11H18N2O5. The summed E-state index contributed by atoms with van der Waals surface area (Å²) >= 11 is 0. The summed E-state index contributed by atoms with van der Waals surface area (Å²) in [5.74, 6) is -1.87. The van der Waals surface area contributed by atoms with E-state index in [2.05, 4.69) is 10.1 Å². The molecule has 0 radical (unpaired) electrons. The second-order valence-corrected chi connectivity index (χ2v) is 3.88. The van der Waals surface area contributed by atoms with Gasteiger partial charge in [-0.3, -0.25) is 24.5 Å². The van der Waals surface area contributed by atoms with Crippen LogP contribution in [0.25, 0.3) is 0 Å². The average molecular weight is 258 g/mol. The second kappa shape index (κ2) is 7.41. The number of imide groups is 1. The molecule has 0 bridgehead atoms. The van der Waals surface area contributed by atoms with Crippen LogP contribution >= 0.6 is 0 Å². The molecular weight excluding hydrogens is 240 g/mol. The number of hydrogen-bond acceptors (Lipinski definition) is 5. The summed E-state index contributed by atoms with van der Waals surface area (Å²) in [5.41, 5.74) is 0. The van der Waals surface area contributed by atoms with Crippen molar-refractivity contribution in [1.29, 1.82) is 0 Å². The van der Waals surface area contributed by atoms with E-state index in [1.807, 2.05) is 0 Å². The third kappa shape index (κ3) is 5.97. The van der Waals surface area contributed by atoms with Crippen molar-refractivity contribution in [2.45, 2.75) is 33.2 Å². The van der Waals surface area contributed by atoms with Crippen LogP contribution < -0.4 is 5.32 Å². The maximum atomic E-state index is 11.4. The van der Waals surface area contributed by atoms with Crippen molar-refractivity contribution in [1.82, 2.24) is 10.2 Å². The minimum atomic E-state index is -0.566. The maximum absolute atomic E-state index is 11.4. The lowest BCUT2D eigenvalue weighted by atomic mass is 10.2. The number of rotatable bonds is 5. The molecule has 0 aliphatic rings. The molecule has 0 spiro atoms. The van der Waals surface area contributed by atoms with Crippen molar-refractivity contribution in [3.63, 3.8) is 0 Å². The number of nitrogens with one attached hydrogen (secondary N) is 1. The summed E-state index contributed by atoms with van der Waals surface area (Å²) in [6.45, 7) is 3.91. The standard InChI is InChI=1S/C11H18N2O5/c1-7(5-10(16)12-8(2)14)13(9(3)15)6-11(17)18-4/h7H,5-6H2,1-4H3,(H,12,14,16)/t7-/m1/s1. The van der Waals surface area contributed by atoms with Gasteiger partial charge in [0.25, 0.3) is 0 Å². The van der Waals surface area contributed by atoms with Crippen LogP contribution in [0.4, 0.5) is 0 Å². The summed E-state index contributed by atoms with van der Waals surface area (Å²) in [7, 11) is 1.22. The quantitative estimate of drug-likeness (QED) is 0.668. The number of esters is 1. The van der Waals surface area contributed by atoms with Crippen LogP contribution in [-0.2, 0) is 23.9 Å². The van der Waals surface area contributed by atoms with Gasteiger partial charge in [0.15, 0.2) is 0 Å². The van der Waals surface area contributed by atoms with Crippen molar-refractivity contribution in [2.24, 2.45) is 0 Å². The van der Waals surface area contributed by atoms with Gasteiger partial charge in [0.2, 0.25) is 17.7 Å². The Morgan fingerprint density at radius 3 is 2.17 bits per heavy atom. The van der Waals surface area contributed by atoms with E-state index in [1.165, 1.54) is 25.9 Å². The highest BCUT2D eigenvalue weighted by molar-refractivity contribution is 5.94. The van der Waals surface area contributed by atoms with Gasteiger partial charge in [0, 0.05) is 26.3 Å². The normalized spacial score (nSPS) is 11.3. The molecule has 0 saturated carbocycles. The Kier molecular flexibility index (Phi) is 6.62. The zero-order valence-corrected chi connectivity index (χ0v) is 11.0. The highest BCUT2D eigenvalue weighted by Gasteiger charge is 2.22. The number of methoxy groups -OCH3 is 1. The second-order valence-electron chi connectivity index (χ2n) is 3.88. The van der Waals surface area contributed by atoms with Gasteiger partial charge in [0.05, 0.1) is 7.11 Å². The number of carbonyl (C=O) groups excluding carboxylic acids is 4. The molecule has 0 unspecified atom stereocenters.